The zero-order valence-electron chi connectivity index (χ0n) is 14.2. The monoisotopic (exact) mass is 338 g/mol. The molecule has 0 spiro atoms. The Balaban J connectivity index is 1.42. The molecular weight excluding hydrogens is 316 g/mol. The van der Waals surface area contributed by atoms with Crippen molar-refractivity contribution in [2.24, 2.45) is 5.92 Å². The largest absolute Gasteiger partial charge is 0.492 e. The number of ether oxygens (including phenoxy) is 1. The topological polar surface area (TPSA) is 67.4 Å². The summed E-state index contributed by atoms with van der Waals surface area (Å²) in [7, 11) is 0. The first kappa shape index (κ1) is 17.0. The van der Waals surface area contributed by atoms with Gasteiger partial charge in [0, 0.05) is 17.2 Å². The fraction of sp³-hybridized carbons (Fsp3) is 0.300. The van der Waals surface area contributed by atoms with Crippen molar-refractivity contribution in [1.29, 1.82) is 0 Å². The fourth-order valence-electron chi connectivity index (χ4n) is 2.44. The molecule has 0 saturated heterocycles. The van der Waals surface area contributed by atoms with Gasteiger partial charge in [-0.25, -0.2) is 0 Å². The highest BCUT2D eigenvalue weighted by molar-refractivity contribution is 5.96. The number of hydrogen-bond acceptors (Lipinski definition) is 3. The maximum absolute atomic E-state index is 12.1. The van der Waals surface area contributed by atoms with Crippen molar-refractivity contribution >= 4 is 17.5 Å². The average molecular weight is 338 g/mol. The Morgan fingerprint density at radius 1 is 1.12 bits per heavy atom. The molecule has 1 fully saturated rings. The molecule has 0 atom stereocenters. The second kappa shape index (κ2) is 7.83. The van der Waals surface area contributed by atoms with Crippen molar-refractivity contribution in [2.45, 2.75) is 19.8 Å². The van der Waals surface area contributed by atoms with Crippen molar-refractivity contribution in [2.75, 3.05) is 18.5 Å². The Bertz CT molecular complexity index is 752. The molecule has 2 aromatic rings. The van der Waals surface area contributed by atoms with E-state index in [1.807, 2.05) is 31.2 Å². The number of rotatable bonds is 7. The van der Waals surface area contributed by atoms with Gasteiger partial charge in [-0.2, -0.15) is 0 Å². The number of amides is 2. The summed E-state index contributed by atoms with van der Waals surface area (Å²) in [6.45, 7) is 2.84. The first-order valence-electron chi connectivity index (χ1n) is 8.50. The molecule has 0 aromatic heterocycles. The summed E-state index contributed by atoms with van der Waals surface area (Å²) >= 11 is 0. The van der Waals surface area contributed by atoms with Gasteiger partial charge in [0.1, 0.15) is 12.4 Å². The van der Waals surface area contributed by atoms with Crippen LogP contribution < -0.4 is 15.4 Å². The highest BCUT2D eigenvalue weighted by Crippen LogP contribution is 2.30. The Hall–Kier alpha value is -2.82. The molecule has 0 bridgehead atoms. The first-order valence-corrected chi connectivity index (χ1v) is 8.50. The van der Waals surface area contributed by atoms with Crippen LogP contribution in [0.15, 0.2) is 48.5 Å². The summed E-state index contributed by atoms with van der Waals surface area (Å²) in [5, 5.41) is 5.68. The molecule has 1 aliphatic carbocycles. The quantitative estimate of drug-likeness (QED) is 0.762. The lowest BCUT2D eigenvalue weighted by molar-refractivity contribution is -0.117. The van der Waals surface area contributed by atoms with Gasteiger partial charge in [0.15, 0.2) is 0 Å². The van der Waals surface area contributed by atoms with E-state index in [0.717, 1.165) is 29.8 Å². The molecule has 2 N–H and O–H groups in total. The van der Waals surface area contributed by atoms with E-state index in [4.69, 9.17) is 4.74 Å². The van der Waals surface area contributed by atoms with Crippen LogP contribution in [0.2, 0.25) is 0 Å². The van der Waals surface area contributed by atoms with E-state index in [2.05, 4.69) is 10.6 Å². The predicted octanol–water partition coefficient (Wildman–Crippen LogP) is 3.15. The lowest BCUT2D eigenvalue weighted by Crippen LogP contribution is -2.28. The summed E-state index contributed by atoms with van der Waals surface area (Å²) in [6.07, 6.45) is 1.94. The van der Waals surface area contributed by atoms with Crippen molar-refractivity contribution < 1.29 is 14.3 Å². The highest BCUT2D eigenvalue weighted by atomic mass is 16.5. The van der Waals surface area contributed by atoms with Gasteiger partial charge in [-0.05, 0) is 61.7 Å². The van der Waals surface area contributed by atoms with Crippen LogP contribution in [0, 0.1) is 12.8 Å². The third-order valence-corrected chi connectivity index (χ3v) is 4.01. The first-order chi connectivity index (χ1) is 12.1. The molecule has 0 heterocycles. The maximum atomic E-state index is 12.1. The second-order valence-electron chi connectivity index (χ2n) is 6.26. The summed E-state index contributed by atoms with van der Waals surface area (Å²) in [6, 6.07) is 14.7. The number of hydrogen-bond donors (Lipinski definition) is 2. The molecule has 0 unspecified atom stereocenters. The number of carbonyl (C=O) groups is 2. The molecular formula is C20H22N2O3. The van der Waals surface area contributed by atoms with Crippen molar-refractivity contribution in [3.05, 3.63) is 59.7 Å². The standard InChI is InChI=1S/C20H22N2O3/c1-14-3-2-4-18(13-14)25-12-11-21-19(23)15-7-9-17(10-8-15)22-20(24)16-5-6-16/h2-4,7-10,13,16H,5-6,11-12H2,1H3,(H,21,23)(H,22,24). The molecule has 25 heavy (non-hydrogen) atoms. The summed E-state index contributed by atoms with van der Waals surface area (Å²) < 4.78 is 5.60. The molecule has 2 amide bonds. The Labute approximate surface area is 147 Å². The van der Waals surface area contributed by atoms with Crippen LogP contribution in [0.4, 0.5) is 5.69 Å². The van der Waals surface area contributed by atoms with E-state index in [1.54, 1.807) is 24.3 Å². The highest BCUT2D eigenvalue weighted by Gasteiger charge is 2.29. The van der Waals surface area contributed by atoms with Gasteiger partial charge >= 0.3 is 0 Å². The SMILES string of the molecule is Cc1cccc(OCCNC(=O)c2ccc(NC(=O)C3CC3)cc2)c1. The smallest absolute Gasteiger partial charge is 0.251 e. The maximum Gasteiger partial charge on any atom is 0.251 e. The van der Waals surface area contributed by atoms with Gasteiger partial charge in [-0.3, -0.25) is 9.59 Å². The molecule has 1 aliphatic rings. The Morgan fingerprint density at radius 2 is 1.88 bits per heavy atom. The van der Waals surface area contributed by atoms with E-state index >= 15 is 0 Å². The lowest BCUT2D eigenvalue weighted by atomic mass is 10.2. The van der Waals surface area contributed by atoms with Crippen LogP contribution in [-0.2, 0) is 4.79 Å². The van der Waals surface area contributed by atoms with Gasteiger partial charge in [0.2, 0.25) is 5.91 Å². The average Bonchev–Trinajstić information content (AvgIpc) is 3.44. The van der Waals surface area contributed by atoms with Crippen LogP contribution in [0.5, 0.6) is 5.75 Å². The number of anilines is 1. The summed E-state index contributed by atoms with van der Waals surface area (Å²) in [4.78, 5) is 23.8. The summed E-state index contributed by atoms with van der Waals surface area (Å²) in [5.41, 5.74) is 2.41. The number of nitrogens with one attached hydrogen (secondary N) is 2. The molecule has 5 heteroatoms. The van der Waals surface area contributed by atoms with Gasteiger partial charge in [0.05, 0.1) is 6.54 Å². The van der Waals surface area contributed by atoms with E-state index in [0.29, 0.717) is 18.7 Å². The third kappa shape index (κ3) is 5.08. The van der Waals surface area contributed by atoms with Gasteiger partial charge in [0.25, 0.3) is 5.91 Å². The molecule has 2 aromatic carbocycles. The second-order valence-corrected chi connectivity index (χ2v) is 6.26. The van der Waals surface area contributed by atoms with E-state index in [1.165, 1.54) is 0 Å². The minimum atomic E-state index is -0.159. The molecule has 0 radical (unpaired) electrons. The van der Waals surface area contributed by atoms with Crippen molar-refractivity contribution in [3.8, 4) is 5.75 Å². The number of aryl methyl sites for hydroxylation is 1. The van der Waals surface area contributed by atoms with Crippen molar-refractivity contribution in [3.63, 3.8) is 0 Å². The Kier molecular flexibility index (Phi) is 5.33. The van der Waals surface area contributed by atoms with Gasteiger partial charge < -0.3 is 15.4 Å². The normalized spacial score (nSPS) is 13.2. The van der Waals surface area contributed by atoms with Crippen molar-refractivity contribution in [1.82, 2.24) is 5.32 Å². The molecule has 0 aliphatic heterocycles. The minimum absolute atomic E-state index is 0.0606. The van der Waals surface area contributed by atoms with Crippen LogP contribution >= 0.6 is 0 Å². The molecule has 3 rings (SSSR count). The van der Waals surface area contributed by atoms with E-state index in [9.17, 15) is 9.59 Å². The molecule has 1 saturated carbocycles. The van der Waals surface area contributed by atoms with E-state index in [-0.39, 0.29) is 17.7 Å². The molecule has 5 nitrogen and oxygen atoms in total. The predicted molar refractivity (Wildman–Crippen MR) is 96.8 cm³/mol. The van der Waals surface area contributed by atoms with Gasteiger partial charge in [-0.15, -0.1) is 0 Å². The molecule has 130 valence electrons. The van der Waals surface area contributed by atoms with E-state index < -0.39 is 0 Å². The van der Waals surface area contributed by atoms with Crippen LogP contribution in [0.25, 0.3) is 0 Å². The van der Waals surface area contributed by atoms with Crippen LogP contribution in [0.3, 0.4) is 0 Å². The Morgan fingerprint density at radius 3 is 2.56 bits per heavy atom. The third-order valence-electron chi connectivity index (χ3n) is 4.01. The number of benzene rings is 2. The zero-order chi connectivity index (χ0) is 17.6. The fourth-order valence-corrected chi connectivity index (χ4v) is 2.44. The zero-order valence-corrected chi connectivity index (χ0v) is 14.2. The van der Waals surface area contributed by atoms with Crippen LogP contribution in [-0.4, -0.2) is 25.0 Å². The van der Waals surface area contributed by atoms with Crippen LogP contribution in [0.1, 0.15) is 28.8 Å². The minimum Gasteiger partial charge on any atom is -0.492 e. The van der Waals surface area contributed by atoms with Gasteiger partial charge in [-0.1, -0.05) is 12.1 Å². The lowest BCUT2D eigenvalue weighted by Gasteiger charge is -2.09. The number of carbonyl (C=O) groups excluding carboxylic acids is 2. The summed E-state index contributed by atoms with van der Waals surface area (Å²) in [5.74, 6) is 0.861.